The van der Waals surface area contributed by atoms with Gasteiger partial charge in [0, 0.05) is 6.54 Å². The number of hydrogen-bond acceptors (Lipinski definition) is 2. The number of carbonyl (C=O) groups is 1. The van der Waals surface area contributed by atoms with Crippen molar-refractivity contribution in [2.24, 2.45) is 11.8 Å². The van der Waals surface area contributed by atoms with E-state index in [9.17, 15) is 27.9 Å². The summed E-state index contributed by atoms with van der Waals surface area (Å²) < 4.78 is 45.6. The predicted molar refractivity (Wildman–Crippen MR) is 141 cm³/mol. The van der Waals surface area contributed by atoms with Gasteiger partial charge < -0.3 is 5.11 Å². The van der Waals surface area contributed by atoms with Gasteiger partial charge in [0.15, 0.2) is 0 Å². The van der Waals surface area contributed by atoms with E-state index in [1.54, 1.807) is 42.5 Å². The highest BCUT2D eigenvalue weighted by Crippen LogP contribution is 2.35. The molecule has 1 aliphatic carbocycles. The van der Waals surface area contributed by atoms with Crippen LogP contribution in [0.1, 0.15) is 79.7 Å². The molecule has 0 atom stereocenters. The molecule has 1 fully saturated rings. The number of rotatable bonds is 9. The molecule has 0 bridgehead atoms. The smallest absolute Gasteiger partial charge is 0.433 e. The Morgan fingerprint density at radius 1 is 1.00 bits per heavy atom. The van der Waals surface area contributed by atoms with Crippen LogP contribution >= 0.6 is 0 Å². The lowest BCUT2D eigenvalue weighted by molar-refractivity contribution is -0.144. The fraction of sp³-hybridized carbons (Fsp3) is 0.467. The van der Waals surface area contributed by atoms with Gasteiger partial charge in [-0.1, -0.05) is 75.6 Å². The number of carboxylic acids is 1. The van der Waals surface area contributed by atoms with Crippen LogP contribution in [-0.2, 0) is 25.7 Å². The minimum Gasteiger partial charge on any atom is -0.478 e. The number of hydrogen-bond donors (Lipinski definition) is 1. The van der Waals surface area contributed by atoms with E-state index in [0.29, 0.717) is 23.1 Å². The van der Waals surface area contributed by atoms with Gasteiger partial charge in [-0.15, -0.1) is 0 Å². The monoisotopic (exact) mass is 528 g/mol. The first-order valence-electron chi connectivity index (χ1n) is 13.4. The molecule has 3 aromatic rings. The van der Waals surface area contributed by atoms with Gasteiger partial charge in [0.25, 0.3) is 0 Å². The van der Waals surface area contributed by atoms with Gasteiger partial charge in [0.1, 0.15) is 5.69 Å². The van der Waals surface area contributed by atoms with Crippen LogP contribution in [-0.4, -0.2) is 20.2 Å². The number of alkyl halides is 3. The lowest BCUT2D eigenvalue weighted by atomic mass is 9.89. The standard InChI is InChI=1S/C30H35F3N2O3/c1-20(2)12-17-26-27(30(31,32)33)35(19-21-8-4-3-5-9-21)29(38)34(26)18-22-13-15-23(16-14-22)24-10-6-7-11-25(24)28(36)37/h6-7,10-11,13-16,20-21H,3-5,8-9,12,17-19H2,1-2H3,(H,36,37). The minimum atomic E-state index is -4.63. The highest BCUT2D eigenvalue weighted by atomic mass is 19.4. The molecule has 38 heavy (non-hydrogen) atoms. The second-order valence-corrected chi connectivity index (χ2v) is 10.8. The molecule has 0 radical (unpaired) electrons. The average molecular weight is 529 g/mol. The van der Waals surface area contributed by atoms with Crippen LogP contribution in [0, 0.1) is 11.8 Å². The van der Waals surface area contributed by atoms with Crippen molar-refractivity contribution < 1.29 is 23.1 Å². The average Bonchev–Trinajstić information content (AvgIpc) is 3.14. The van der Waals surface area contributed by atoms with Crippen molar-refractivity contribution in [3.05, 3.63) is 81.5 Å². The first-order valence-corrected chi connectivity index (χ1v) is 13.4. The molecule has 4 rings (SSSR count). The van der Waals surface area contributed by atoms with E-state index >= 15 is 0 Å². The van der Waals surface area contributed by atoms with Crippen LogP contribution in [0.4, 0.5) is 13.2 Å². The molecule has 0 aliphatic heterocycles. The summed E-state index contributed by atoms with van der Waals surface area (Å²) in [5.74, 6) is -0.773. The van der Waals surface area contributed by atoms with Crippen molar-refractivity contribution >= 4 is 5.97 Å². The molecule has 1 heterocycles. The normalized spacial score (nSPS) is 14.8. The molecule has 0 saturated heterocycles. The van der Waals surface area contributed by atoms with Crippen LogP contribution in [0.2, 0.25) is 0 Å². The van der Waals surface area contributed by atoms with E-state index in [2.05, 4.69) is 0 Å². The highest BCUT2D eigenvalue weighted by molar-refractivity contribution is 5.95. The van der Waals surface area contributed by atoms with Crippen LogP contribution in [0.5, 0.6) is 0 Å². The zero-order chi connectivity index (χ0) is 27.4. The largest absolute Gasteiger partial charge is 0.478 e. The summed E-state index contributed by atoms with van der Waals surface area (Å²) in [6, 6.07) is 13.6. The number of aromatic nitrogens is 2. The summed E-state index contributed by atoms with van der Waals surface area (Å²) in [5, 5.41) is 9.51. The molecular weight excluding hydrogens is 493 g/mol. The lowest BCUT2D eigenvalue weighted by Crippen LogP contribution is -2.30. The van der Waals surface area contributed by atoms with Crippen LogP contribution in [0.25, 0.3) is 11.1 Å². The Labute approximate surface area is 220 Å². The van der Waals surface area contributed by atoms with Crippen molar-refractivity contribution in [2.75, 3.05) is 0 Å². The third kappa shape index (κ3) is 6.22. The molecular formula is C30H35F3N2O3. The number of carboxylic acid groups (broad SMARTS) is 1. The lowest BCUT2D eigenvalue weighted by Gasteiger charge is -2.23. The van der Waals surface area contributed by atoms with E-state index in [4.69, 9.17) is 0 Å². The van der Waals surface area contributed by atoms with Gasteiger partial charge in [-0.2, -0.15) is 13.2 Å². The summed E-state index contributed by atoms with van der Waals surface area (Å²) in [5.41, 5.74) is 0.722. The number of halogens is 3. The zero-order valence-electron chi connectivity index (χ0n) is 21.9. The number of aromatic carboxylic acids is 1. The Balaban J connectivity index is 1.73. The van der Waals surface area contributed by atoms with Crippen molar-refractivity contribution in [3.8, 4) is 11.1 Å². The Bertz CT molecular complexity index is 1310. The third-order valence-electron chi connectivity index (χ3n) is 7.49. The Morgan fingerprint density at radius 2 is 1.66 bits per heavy atom. The maximum Gasteiger partial charge on any atom is 0.433 e. The summed E-state index contributed by atoms with van der Waals surface area (Å²) in [6.07, 6.45) is 0.828. The number of nitrogens with zero attached hydrogens (tertiary/aromatic N) is 2. The molecule has 1 aromatic heterocycles. The molecule has 1 N–H and O–H groups in total. The van der Waals surface area contributed by atoms with Crippen LogP contribution < -0.4 is 5.69 Å². The van der Waals surface area contributed by atoms with Crippen molar-refractivity contribution in [1.82, 2.24) is 9.13 Å². The Morgan fingerprint density at radius 3 is 2.26 bits per heavy atom. The summed E-state index contributed by atoms with van der Waals surface area (Å²) in [7, 11) is 0. The summed E-state index contributed by atoms with van der Waals surface area (Å²) in [6.45, 7) is 4.04. The predicted octanol–water partition coefficient (Wildman–Crippen LogP) is 7.25. The first kappa shape index (κ1) is 27.7. The molecule has 0 amide bonds. The minimum absolute atomic E-state index is 0.0217. The van der Waals surface area contributed by atoms with Gasteiger partial charge >= 0.3 is 17.8 Å². The maximum absolute atomic E-state index is 14.4. The number of benzene rings is 2. The highest BCUT2D eigenvalue weighted by Gasteiger charge is 2.41. The number of imidazole rings is 1. The van der Waals surface area contributed by atoms with E-state index < -0.39 is 23.5 Å². The second-order valence-electron chi connectivity index (χ2n) is 10.8. The topological polar surface area (TPSA) is 64.2 Å². The quantitative estimate of drug-likeness (QED) is 0.318. The van der Waals surface area contributed by atoms with Crippen LogP contribution in [0.3, 0.4) is 0 Å². The molecule has 0 unspecified atom stereocenters. The molecule has 2 aromatic carbocycles. The van der Waals surface area contributed by atoms with Gasteiger partial charge in [0.2, 0.25) is 0 Å². The molecule has 204 valence electrons. The molecule has 8 heteroatoms. The third-order valence-corrected chi connectivity index (χ3v) is 7.49. The Kier molecular flexibility index (Phi) is 8.48. The van der Waals surface area contributed by atoms with Gasteiger partial charge in [-0.05, 0) is 60.3 Å². The van der Waals surface area contributed by atoms with E-state index in [1.165, 1.54) is 10.6 Å². The van der Waals surface area contributed by atoms with E-state index in [-0.39, 0.29) is 42.6 Å². The molecule has 5 nitrogen and oxygen atoms in total. The second kappa shape index (κ2) is 11.6. The first-order chi connectivity index (χ1) is 18.1. The van der Waals surface area contributed by atoms with Crippen molar-refractivity contribution in [3.63, 3.8) is 0 Å². The van der Waals surface area contributed by atoms with Gasteiger partial charge in [0.05, 0.1) is 17.8 Å². The van der Waals surface area contributed by atoms with Gasteiger partial charge in [-0.25, -0.2) is 9.59 Å². The van der Waals surface area contributed by atoms with Gasteiger partial charge in [-0.3, -0.25) is 9.13 Å². The van der Waals surface area contributed by atoms with E-state index in [0.717, 1.165) is 36.7 Å². The fourth-order valence-corrected chi connectivity index (χ4v) is 5.49. The SMILES string of the molecule is CC(C)CCc1c(C(F)(F)F)n(CC2CCCCC2)c(=O)n1Cc1ccc(-c2ccccc2C(=O)O)cc1. The maximum atomic E-state index is 14.4. The fourth-order valence-electron chi connectivity index (χ4n) is 5.49. The van der Waals surface area contributed by atoms with Crippen molar-refractivity contribution in [1.29, 1.82) is 0 Å². The summed E-state index contributed by atoms with van der Waals surface area (Å²) >= 11 is 0. The van der Waals surface area contributed by atoms with E-state index in [1.807, 2.05) is 13.8 Å². The Hall–Kier alpha value is -3.29. The molecule has 1 aliphatic rings. The molecule has 0 spiro atoms. The molecule has 1 saturated carbocycles. The summed E-state index contributed by atoms with van der Waals surface area (Å²) in [4.78, 5) is 25.2. The van der Waals surface area contributed by atoms with Crippen LogP contribution in [0.15, 0.2) is 53.3 Å². The zero-order valence-corrected chi connectivity index (χ0v) is 21.9. The van der Waals surface area contributed by atoms with Crippen molar-refractivity contribution in [2.45, 2.75) is 78.1 Å².